The van der Waals surface area contributed by atoms with Gasteiger partial charge in [0.15, 0.2) is 11.3 Å². The smallest absolute Gasteiger partial charge is 0.227 e. The summed E-state index contributed by atoms with van der Waals surface area (Å²) < 4.78 is 5.65. The molecule has 1 N–H and O–H groups in total. The lowest BCUT2D eigenvalue weighted by Gasteiger charge is -2.01. The fraction of sp³-hybridized carbons (Fsp3) is 0.0714. The first-order valence-corrected chi connectivity index (χ1v) is 6.36. The van der Waals surface area contributed by atoms with Crippen LogP contribution < -0.4 is 0 Å². The van der Waals surface area contributed by atoms with Gasteiger partial charge >= 0.3 is 0 Å². The number of aryl methyl sites for hydroxylation is 1. The van der Waals surface area contributed by atoms with Gasteiger partial charge in [0.25, 0.3) is 0 Å². The second-order valence-corrected chi connectivity index (χ2v) is 5.09. The van der Waals surface area contributed by atoms with E-state index in [0.717, 1.165) is 11.1 Å². The molecule has 0 bridgehead atoms. The molecule has 1 aromatic heterocycles. The van der Waals surface area contributed by atoms with Crippen LogP contribution in [-0.4, -0.2) is 10.1 Å². The van der Waals surface area contributed by atoms with Gasteiger partial charge in [0.05, 0.1) is 10.0 Å². The van der Waals surface area contributed by atoms with Crippen molar-refractivity contribution in [1.82, 2.24) is 4.98 Å². The molecule has 0 unspecified atom stereocenters. The summed E-state index contributed by atoms with van der Waals surface area (Å²) in [6.45, 7) is 1.99. The molecule has 0 aliphatic carbocycles. The Morgan fingerprint density at radius 2 is 1.79 bits per heavy atom. The molecule has 0 saturated carbocycles. The second-order valence-electron chi connectivity index (χ2n) is 4.28. The molecule has 5 heteroatoms. The zero-order chi connectivity index (χ0) is 13.6. The van der Waals surface area contributed by atoms with Crippen LogP contribution in [0, 0.1) is 6.92 Å². The van der Waals surface area contributed by atoms with Gasteiger partial charge in [-0.3, -0.25) is 0 Å². The van der Waals surface area contributed by atoms with E-state index >= 15 is 0 Å². The van der Waals surface area contributed by atoms with Gasteiger partial charge in [-0.05, 0) is 36.8 Å². The maximum atomic E-state index is 9.54. The van der Waals surface area contributed by atoms with Gasteiger partial charge in [0, 0.05) is 5.56 Å². The molecule has 0 aliphatic rings. The number of hydrogen-bond donors (Lipinski definition) is 1. The summed E-state index contributed by atoms with van der Waals surface area (Å²) in [7, 11) is 0. The Balaban J connectivity index is 2.19. The third-order valence-corrected chi connectivity index (χ3v) is 3.38. The Hall–Kier alpha value is -1.71. The largest absolute Gasteiger partial charge is 0.505 e. The van der Waals surface area contributed by atoms with E-state index in [2.05, 4.69) is 4.98 Å². The summed E-state index contributed by atoms with van der Waals surface area (Å²) in [5, 5.41) is 9.87. The lowest BCUT2D eigenvalue weighted by molar-refractivity contribution is 0.476. The fourth-order valence-corrected chi connectivity index (χ4v) is 2.34. The van der Waals surface area contributed by atoms with Gasteiger partial charge in [-0.15, -0.1) is 0 Å². The topological polar surface area (TPSA) is 46.3 Å². The van der Waals surface area contributed by atoms with E-state index < -0.39 is 0 Å². The van der Waals surface area contributed by atoms with Crippen molar-refractivity contribution in [2.45, 2.75) is 6.92 Å². The molecule has 0 radical (unpaired) electrons. The summed E-state index contributed by atoms with van der Waals surface area (Å²) in [5.41, 5.74) is 3.20. The molecular formula is C14H9Cl2NO2. The van der Waals surface area contributed by atoms with Gasteiger partial charge in [-0.1, -0.05) is 29.3 Å². The molecule has 0 atom stereocenters. The molecule has 3 nitrogen and oxygen atoms in total. The van der Waals surface area contributed by atoms with Crippen molar-refractivity contribution in [3.8, 4) is 17.2 Å². The van der Waals surface area contributed by atoms with Crippen molar-refractivity contribution >= 4 is 34.3 Å². The van der Waals surface area contributed by atoms with E-state index in [1.54, 1.807) is 12.1 Å². The van der Waals surface area contributed by atoms with Gasteiger partial charge in [0.2, 0.25) is 5.89 Å². The molecule has 0 aliphatic heterocycles. The van der Waals surface area contributed by atoms with Crippen LogP contribution in [0.2, 0.25) is 10.0 Å². The Morgan fingerprint density at radius 3 is 2.47 bits per heavy atom. The summed E-state index contributed by atoms with van der Waals surface area (Å²) in [5.74, 6) is 0.281. The zero-order valence-corrected chi connectivity index (χ0v) is 11.5. The number of phenols is 1. The lowest BCUT2D eigenvalue weighted by Crippen LogP contribution is -1.79. The molecule has 3 rings (SSSR count). The number of oxazole rings is 1. The highest BCUT2D eigenvalue weighted by molar-refractivity contribution is 6.37. The van der Waals surface area contributed by atoms with Crippen LogP contribution in [0.3, 0.4) is 0 Å². The van der Waals surface area contributed by atoms with Gasteiger partial charge in [-0.25, -0.2) is 4.98 Å². The van der Waals surface area contributed by atoms with Crippen molar-refractivity contribution < 1.29 is 9.52 Å². The van der Waals surface area contributed by atoms with E-state index in [4.69, 9.17) is 27.6 Å². The van der Waals surface area contributed by atoms with Crippen LogP contribution in [0.1, 0.15) is 5.56 Å². The van der Waals surface area contributed by atoms with Crippen molar-refractivity contribution in [2.75, 3.05) is 0 Å². The van der Waals surface area contributed by atoms with Crippen LogP contribution in [0.15, 0.2) is 34.7 Å². The van der Waals surface area contributed by atoms with E-state index in [-0.39, 0.29) is 15.8 Å². The minimum Gasteiger partial charge on any atom is -0.505 e. The zero-order valence-electron chi connectivity index (χ0n) is 9.95. The number of rotatable bonds is 1. The maximum absolute atomic E-state index is 9.54. The number of nitrogens with zero attached hydrogens (tertiary/aromatic N) is 1. The lowest BCUT2D eigenvalue weighted by atomic mass is 10.2. The Labute approximate surface area is 119 Å². The van der Waals surface area contributed by atoms with Crippen molar-refractivity contribution in [2.24, 2.45) is 0 Å². The first-order chi connectivity index (χ1) is 9.04. The summed E-state index contributed by atoms with van der Waals surface area (Å²) in [6, 6.07) is 8.89. The van der Waals surface area contributed by atoms with E-state index in [1.807, 2.05) is 25.1 Å². The standard InChI is InChI=1S/C14H9Cl2NO2/c1-7-2-3-12-11(4-7)17-14(19-12)8-5-9(15)13(18)10(16)6-8/h2-6,18H,1H3. The number of fused-ring (bicyclic) bond motifs is 1. The molecule has 1 heterocycles. The van der Waals surface area contributed by atoms with E-state index in [0.29, 0.717) is 17.0 Å². The van der Waals surface area contributed by atoms with Crippen LogP contribution in [0.5, 0.6) is 5.75 Å². The average molecular weight is 294 g/mol. The highest BCUT2D eigenvalue weighted by atomic mass is 35.5. The molecule has 0 amide bonds. The van der Waals surface area contributed by atoms with Crippen molar-refractivity contribution in [1.29, 1.82) is 0 Å². The molecule has 19 heavy (non-hydrogen) atoms. The van der Waals surface area contributed by atoms with Crippen LogP contribution in [0.4, 0.5) is 0 Å². The molecule has 3 aromatic rings. The van der Waals surface area contributed by atoms with E-state index in [1.165, 1.54) is 0 Å². The predicted octanol–water partition coefficient (Wildman–Crippen LogP) is 4.82. The molecule has 0 spiro atoms. The highest BCUT2D eigenvalue weighted by Gasteiger charge is 2.13. The van der Waals surface area contributed by atoms with Crippen LogP contribution in [0.25, 0.3) is 22.6 Å². The Bertz CT molecular complexity index is 757. The highest BCUT2D eigenvalue weighted by Crippen LogP contribution is 2.36. The van der Waals surface area contributed by atoms with Crippen molar-refractivity contribution in [3.05, 3.63) is 45.9 Å². The summed E-state index contributed by atoms with van der Waals surface area (Å²) in [4.78, 5) is 4.39. The van der Waals surface area contributed by atoms with Crippen LogP contribution >= 0.6 is 23.2 Å². The minimum absolute atomic E-state index is 0.140. The van der Waals surface area contributed by atoms with Crippen molar-refractivity contribution in [3.63, 3.8) is 0 Å². The van der Waals surface area contributed by atoms with Crippen LogP contribution in [-0.2, 0) is 0 Å². The fourth-order valence-electron chi connectivity index (χ4n) is 1.85. The van der Waals surface area contributed by atoms with Gasteiger partial charge in [-0.2, -0.15) is 0 Å². The predicted molar refractivity (Wildman–Crippen MR) is 75.9 cm³/mol. The minimum atomic E-state index is -0.140. The number of hydrogen-bond acceptors (Lipinski definition) is 3. The number of phenolic OH excluding ortho intramolecular Hbond substituents is 1. The Kier molecular flexibility index (Phi) is 2.88. The summed E-state index contributed by atoms with van der Waals surface area (Å²) in [6.07, 6.45) is 0. The van der Waals surface area contributed by atoms with Gasteiger partial charge < -0.3 is 9.52 Å². The first-order valence-electron chi connectivity index (χ1n) is 5.60. The molecule has 96 valence electrons. The summed E-state index contributed by atoms with van der Waals surface area (Å²) >= 11 is 11.8. The number of aromatic hydroxyl groups is 1. The maximum Gasteiger partial charge on any atom is 0.227 e. The first kappa shape index (κ1) is 12.3. The number of halogens is 2. The average Bonchev–Trinajstić information content (AvgIpc) is 2.78. The Morgan fingerprint density at radius 1 is 1.11 bits per heavy atom. The second kappa shape index (κ2) is 4.44. The SMILES string of the molecule is Cc1ccc2oc(-c3cc(Cl)c(O)c(Cl)c3)nc2c1. The third kappa shape index (κ3) is 2.15. The third-order valence-electron chi connectivity index (χ3n) is 2.81. The monoisotopic (exact) mass is 293 g/mol. The number of benzene rings is 2. The quantitative estimate of drug-likeness (QED) is 0.700. The van der Waals surface area contributed by atoms with E-state index in [9.17, 15) is 5.11 Å². The van der Waals surface area contributed by atoms with Gasteiger partial charge in [0.1, 0.15) is 5.52 Å². The molecule has 2 aromatic carbocycles. The molecule has 0 saturated heterocycles. The number of aromatic nitrogens is 1. The molecule has 0 fully saturated rings. The molecular weight excluding hydrogens is 285 g/mol. The normalized spacial score (nSPS) is 11.1.